The molecule has 5 N–H and O–H groups in total. The average molecular weight is 405 g/mol. The number of amides is 3. The van der Waals surface area contributed by atoms with E-state index in [9.17, 15) is 24.3 Å². The van der Waals surface area contributed by atoms with Gasteiger partial charge in [-0.15, -0.1) is 0 Å². The molecule has 0 fully saturated rings. The van der Waals surface area contributed by atoms with Crippen molar-refractivity contribution in [3.63, 3.8) is 0 Å². The molecule has 1 heterocycles. The van der Waals surface area contributed by atoms with Gasteiger partial charge in [0.2, 0.25) is 5.91 Å². The molecule has 10 heteroatoms. The van der Waals surface area contributed by atoms with Crippen LogP contribution < -0.4 is 26.7 Å². The second-order valence-corrected chi connectivity index (χ2v) is 6.42. The van der Waals surface area contributed by atoms with Gasteiger partial charge in [0.25, 0.3) is 0 Å². The van der Waals surface area contributed by atoms with E-state index in [4.69, 9.17) is 14.9 Å². The number of carboxylic acids is 1. The maximum atomic E-state index is 12.3. The molecule has 0 bridgehead atoms. The Morgan fingerprint density at radius 3 is 2.66 bits per heavy atom. The van der Waals surface area contributed by atoms with Crippen molar-refractivity contribution >= 4 is 28.9 Å². The average Bonchev–Trinajstić information content (AvgIpc) is 2.66. The number of carbonyl (C=O) groups is 3. The number of aryl methyl sites for hydroxylation is 1. The minimum absolute atomic E-state index is 0.0897. The number of urea groups is 1. The van der Waals surface area contributed by atoms with E-state index in [0.29, 0.717) is 28.7 Å². The van der Waals surface area contributed by atoms with Crippen molar-refractivity contribution in [3.8, 4) is 5.75 Å². The SMILES string of the molecule is COc1ccc2c(C)c(CC(=O)N[C@@H](CCCNC(N)=O)C(=O)O)c(=O)oc2c1. The standard InChI is InChI=1S/C19H23N3O7/c1-10-12-6-5-11(28-2)8-15(12)29-18(26)13(10)9-16(23)22-14(17(24)25)4-3-7-21-19(20)27/h5-6,8,14H,3-4,7,9H2,1-2H3,(H,22,23)(H,24,25)(H3,20,21,27)/t14-/m0/s1. The highest BCUT2D eigenvalue weighted by atomic mass is 16.5. The molecule has 0 spiro atoms. The number of hydrogen-bond donors (Lipinski definition) is 4. The Kier molecular flexibility index (Phi) is 7.18. The van der Waals surface area contributed by atoms with Gasteiger partial charge in [-0.25, -0.2) is 14.4 Å². The Morgan fingerprint density at radius 2 is 2.03 bits per heavy atom. The van der Waals surface area contributed by atoms with Crippen molar-refractivity contribution in [2.75, 3.05) is 13.7 Å². The number of primary amides is 1. The minimum Gasteiger partial charge on any atom is -0.497 e. The van der Waals surface area contributed by atoms with Crippen LogP contribution in [-0.4, -0.2) is 42.7 Å². The van der Waals surface area contributed by atoms with Crippen LogP contribution in [0.2, 0.25) is 0 Å². The summed E-state index contributed by atoms with van der Waals surface area (Å²) in [4.78, 5) is 46.7. The summed E-state index contributed by atoms with van der Waals surface area (Å²) in [5, 5.41) is 14.7. The van der Waals surface area contributed by atoms with Gasteiger partial charge in [0.05, 0.1) is 19.1 Å². The van der Waals surface area contributed by atoms with Gasteiger partial charge in [0.15, 0.2) is 0 Å². The first-order chi connectivity index (χ1) is 13.7. The quantitative estimate of drug-likeness (QED) is 0.352. The summed E-state index contributed by atoms with van der Waals surface area (Å²) < 4.78 is 10.4. The Balaban J connectivity index is 2.12. The second kappa shape index (κ2) is 9.58. The van der Waals surface area contributed by atoms with Crippen molar-refractivity contribution in [2.24, 2.45) is 5.73 Å². The van der Waals surface area contributed by atoms with Gasteiger partial charge in [-0.1, -0.05) is 0 Å². The van der Waals surface area contributed by atoms with Crippen LogP contribution in [0.5, 0.6) is 5.75 Å². The molecule has 0 aliphatic heterocycles. The topological polar surface area (TPSA) is 161 Å². The summed E-state index contributed by atoms with van der Waals surface area (Å²) in [6, 6.07) is 3.14. The zero-order valence-electron chi connectivity index (χ0n) is 16.1. The monoisotopic (exact) mass is 405 g/mol. The molecule has 0 radical (unpaired) electrons. The Morgan fingerprint density at radius 1 is 1.31 bits per heavy atom. The summed E-state index contributed by atoms with van der Waals surface area (Å²) >= 11 is 0. The van der Waals surface area contributed by atoms with Crippen LogP contribution >= 0.6 is 0 Å². The van der Waals surface area contributed by atoms with Crippen LogP contribution in [0.3, 0.4) is 0 Å². The number of aliphatic carboxylic acids is 1. The van der Waals surface area contributed by atoms with E-state index in [2.05, 4.69) is 10.6 Å². The third-order valence-corrected chi connectivity index (χ3v) is 4.43. The van der Waals surface area contributed by atoms with Crippen LogP contribution in [0, 0.1) is 6.92 Å². The first kappa shape index (κ1) is 21.7. The summed E-state index contributed by atoms with van der Waals surface area (Å²) in [7, 11) is 1.49. The van der Waals surface area contributed by atoms with E-state index in [0.717, 1.165) is 0 Å². The zero-order chi connectivity index (χ0) is 21.6. The van der Waals surface area contributed by atoms with Crippen molar-refractivity contribution in [2.45, 2.75) is 32.2 Å². The van der Waals surface area contributed by atoms with Crippen LogP contribution in [0.25, 0.3) is 11.0 Å². The number of benzene rings is 1. The Labute approximate surface area is 166 Å². The van der Waals surface area contributed by atoms with Gasteiger partial charge in [-0.3, -0.25) is 4.79 Å². The number of nitrogens with two attached hydrogens (primary N) is 1. The van der Waals surface area contributed by atoms with Gasteiger partial charge in [0, 0.05) is 18.0 Å². The van der Waals surface area contributed by atoms with Crippen LogP contribution in [0.4, 0.5) is 4.79 Å². The molecule has 1 aromatic heterocycles. The minimum atomic E-state index is -1.22. The molecular weight excluding hydrogens is 382 g/mol. The first-order valence-electron chi connectivity index (χ1n) is 8.88. The fourth-order valence-corrected chi connectivity index (χ4v) is 2.89. The largest absolute Gasteiger partial charge is 0.497 e. The number of fused-ring (bicyclic) bond motifs is 1. The van der Waals surface area contributed by atoms with E-state index in [1.54, 1.807) is 25.1 Å². The third kappa shape index (κ3) is 5.71. The number of carbonyl (C=O) groups excluding carboxylic acids is 2. The molecule has 0 aliphatic rings. The molecule has 2 rings (SSSR count). The van der Waals surface area contributed by atoms with E-state index in [-0.39, 0.29) is 24.9 Å². The number of methoxy groups -OCH3 is 1. The highest BCUT2D eigenvalue weighted by molar-refractivity contribution is 5.87. The predicted molar refractivity (Wildman–Crippen MR) is 104 cm³/mol. The third-order valence-electron chi connectivity index (χ3n) is 4.43. The molecule has 10 nitrogen and oxygen atoms in total. The molecular formula is C19H23N3O7. The Hall–Kier alpha value is -3.56. The molecule has 3 amide bonds. The molecule has 0 saturated heterocycles. The number of ether oxygens (including phenoxy) is 1. The number of rotatable bonds is 9. The van der Waals surface area contributed by atoms with Crippen molar-refractivity contribution in [3.05, 3.63) is 39.7 Å². The van der Waals surface area contributed by atoms with Gasteiger partial charge in [0.1, 0.15) is 17.4 Å². The Bertz CT molecular complexity index is 984. The van der Waals surface area contributed by atoms with Crippen LogP contribution in [0.1, 0.15) is 24.0 Å². The fraction of sp³-hybridized carbons (Fsp3) is 0.368. The fourth-order valence-electron chi connectivity index (χ4n) is 2.89. The lowest BCUT2D eigenvalue weighted by molar-refractivity contribution is -0.141. The molecule has 1 aromatic carbocycles. The van der Waals surface area contributed by atoms with E-state index < -0.39 is 29.6 Å². The lowest BCUT2D eigenvalue weighted by atomic mass is 10.0. The highest BCUT2D eigenvalue weighted by Gasteiger charge is 2.22. The summed E-state index contributed by atoms with van der Waals surface area (Å²) in [5.41, 5.74) is 5.33. The van der Waals surface area contributed by atoms with Gasteiger partial charge >= 0.3 is 17.6 Å². The lowest BCUT2D eigenvalue weighted by Crippen LogP contribution is -2.42. The second-order valence-electron chi connectivity index (χ2n) is 6.42. The summed E-state index contributed by atoms with van der Waals surface area (Å²) in [6.07, 6.45) is 0.0745. The van der Waals surface area contributed by atoms with Crippen LogP contribution in [0.15, 0.2) is 27.4 Å². The summed E-state index contributed by atoms with van der Waals surface area (Å²) in [5.74, 6) is -1.31. The predicted octanol–water partition coefficient (Wildman–Crippen LogP) is 0.670. The molecule has 2 aromatic rings. The molecule has 0 aliphatic carbocycles. The van der Waals surface area contributed by atoms with E-state index >= 15 is 0 Å². The zero-order valence-corrected chi connectivity index (χ0v) is 16.1. The molecule has 156 valence electrons. The number of carboxylic acid groups (broad SMARTS) is 1. The molecule has 0 saturated carbocycles. The maximum absolute atomic E-state index is 12.3. The highest BCUT2D eigenvalue weighted by Crippen LogP contribution is 2.24. The van der Waals surface area contributed by atoms with E-state index in [1.807, 2.05) is 0 Å². The smallest absolute Gasteiger partial charge is 0.340 e. The van der Waals surface area contributed by atoms with Crippen molar-refractivity contribution < 1.29 is 28.6 Å². The van der Waals surface area contributed by atoms with Gasteiger partial charge < -0.3 is 30.6 Å². The van der Waals surface area contributed by atoms with Crippen molar-refractivity contribution in [1.82, 2.24) is 10.6 Å². The van der Waals surface area contributed by atoms with Gasteiger partial charge in [-0.2, -0.15) is 0 Å². The number of hydrogen-bond acceptors (Lipinski definition) is 6. The normalized spacial score (nSPS) is 11.7. The molecule has 1 atom stereocenters. The maximum Gasteiger partial charge on any atom is 0.340 e. The number of nitrogens with one attached hydrogen (secondary N) is 2. The first-order valence-corrected chi connectivity index (χ1v) is 8.88. The molecule has 29 heavy (non-hydrogen) atoms. The summed E-state index contributed by atoms with van der Waals surface area (Å²) in [6.45, 7) is 1.88. The van der Waals surface area contributed by atoms with Gasteiger partial charge in [-0.05, 0) is 37.5 Å². The van der Waals surface area contributed by atoms with Crippen molar-refractivity contribution in [1.29, 1.82) is 0 Å². The molecule has 0 unspecified atom stereocenters. The van der Waals surface area contributed by atoms with E-state index in [1.165, 1.54) is 7.11 Å². The lowest BCUT2D eigenvalue weighted by Gasteiger charge is -2.15. The van der Waals surface area contributed by atoms with Crippen LogP contribution in [-0.2, 0) is 16.0 Å².